The van der Waals surface area contributed by atoms with Crippen molar-refractivity contribution in [3.05, 3.63) is 66.6 Å². The molecule has 0 atom stereocenters. The first-order valence-corrected chi connectivity index (χ1v) is 12.2. The maximum absolute atomic E-state index is 15.5. The van der Waals surface area contributed by atoms with Gasteiger partial charge in [-0.25, -0.2) is 28.8 Å². The number of halogens is 1. The van der Waals surface area contributed by atoms with Crippen LogP contribution in [-0.2, 0) is 0 Å². The lowest BCUT2D eigenvalue weighted by Gasteiger charge is -2.34. The van der Waals surface area contributed by atoms with E-state index in [1.165, 1.54) is 25.5 Å². The Balaban J connectivity index is 1.17. The van der Waals surface area contributed by atoms with Gasteiger partial charge in [0, 0.05) is 43.0 Å². The van der Waals surface area contributed by atoms with Crippen molar-refractivity contribution in [2.45, 2.75) is 25.3 Å². The summed E-state index contributed by atoms with van der Waals surface area (Å²) >= 11 is 0. The summed E-state index contributed by atoms with van der Waals surface area (Å²) in [6, 6.07) is 10.8. The van der Waals surface area contributed by atoms with Gasteiger partial charge < -0.3 is 20.3 Å². The molecule has 1 saturated carbocycles. The molecule has 5 aromatic rings. The monoisotopic (exact) mass is 497 g/mol. The standard InChI is InChI=1S/C26H24FN9O/c1-16-20(37-17-6-10-36-22(12-17)29-15-32-36)4-2-18(23(16)27)33-25-24-19(28-14-30-25)3-5-21(34-24)35-11-9-31-26(13-35)7-8-26/h2-6,10,12,14-15,31H,7-9,11,13H2,1H3,(H,28,30,33). The summed E-state index contributed by atoms with van der Waals surface area (Å²) in [5.74, 6) is 1.85. The molecule has 37 heavy (non-hydrogen) atoms. The highest BCUT2D eigenvalue weighted by Gasteiger charge is 2.45. The summed E-state index contributed by atoms with van der Waals surface area (Å²) in [5.41, 5.74) is 2.82. The summed E-state index contributed by atoms with van der Waals surface area (Å²) < 4.78 is 23.0. The highest BCUT2D eigenvalue weighted by molar-refractivity contribution is 5.88. The molecular weight excluding hydrogens is 473 g/mol. The van der Waals surface area contributed by atoms with E-state index < -0.39 is 5.82 Å². The van der Waals surface area contributed by atoms with Gasteiger partial charge in [-0.1, -0.05) is 0 Å². The van der Waals surface area contributed by atoms with Crippen molar-refractivity contribution >= 4 is 34.0 Å². The van der Waals surface area contributed by atoms with Crippen molar-refractivity contribution in [2.75, 3.05) is 29.9 Å². The third-order valence-electron chi connectivity index (χ3n) is 7.09. The molecule has 1 aromatic carbocycles. The molecule has 0 unspecified atom stereocenters. The zero-order valence-electron chi connectivity index (χ0n) is 20.1. The van der Waals surface area contributed by atoms with E-state index in [1.54, 1.807) is 41.9 Å². The molecule has 1 saturated heterocycles. The van der Waals surface area contributed by atoms with E-state index in [9.17, 15) is 0 Å². The van der Waals surface area contributed by atoms with Gasteiger partial charge in [-0.05, 0) is 50.1 Å². The lowest BCUT2D eigenvalue weighted by atomic mass is 10.1. The van der Waals surface area contributed by atoms with Crippen LogP contribution >= 0.6 is 0 Å². The maximum Gasteiger partial charge on any atom is 0.160 e. The Morgan fingerprint density at radius 2 is 2.00 bits per heavy atom. The van der Waals surface area contributed by atoms with Crippen LogP contribution < -0.4 is 20.3 Å². The largest absolute Gasteiger partial charge is 0.457 e. The fourth-order valence-corrected chi connectivity index (χ4v) is 4.82. The Labute approximate surface area is 211 Å². The fraction of sp³-hybridized carbons (Fsp3) is 0.269. The molecule has 2 N–H and O–H groups in total. The van der Waals surface area contributed by atoms with Crippen LogP contribution in [0, 0.1) is 12.7 Å². The summed E-state index contributed by atoms with van der Waals surface area (Å²) in [7, 11) is 0. The number of hydrogen-bond donors (Lipinski definition) is 2. The number of pyridine rings is 2. The number of hydrogen-bond acceptors (Lipinski definition) is 9. The molecule has 10 nitrogen and oxygen atoms in total. The smallest absolute Gasteiger partial charge is 0.160 e. The zero-order valence-corrected chi connectivity index (χ0v) is 20.1. The van der Waals surface area contributed by atoms with Crippen molar-refractivity contribution in [2.24, 2.45) is 0 Å². The van der Waals surface area contributed by atoms with Crippen molar-refractivity contribution in [3.8, 4) is 11.5 Å². The minimum atomic E-state index is -0.429. The van der Waals surface area contributed by atoms with E-state index >= 15 is 4.39 Å². The third-order valence-corrected chi connectivity index (χ3v) is 7.09. The number of piperazine rings is 1. The molecule has 1 aliphatic heterocycles. The molecule has 0 amide bonds. The van der Waals surface area contributed by atoms with Gasteiger partial charge >= 0.3 is 0 Å². The Bertz CT molecular complexity index is 1650. The number of benzene rings is 1. The predicted molar refractivity (Wildman–Crippen MR) is 137 cm³/mol. The van der Waals surface area contributed by atoms with Crippen molar-refractivity contribution in [3.63, 3.8) is 0 Å². The van der Waals surface area contributed by atoms with Crippen LogP contribution in [0.4, 0.5) is 21.7 Å². The molecule has 11 heteroatoms. The third kappa shape index (κ3) is 3.97. The summed E-state index contributed by atoms with van der Waals surface area (Å²) in [6.45, 7) is 4.43. The number of rotatable bonds is 5. The van der Waals surface area contributed by atoms with E-state index in [4.69, 9.17) is 9.72 Å². The minimum Gasteiger partial charge on any atom is -0.457 e. The molecule has 4 aromatic heterocycles. The number of nitrogens with zero attached hydrogens (tertiary/aromatic N) is 7. The average molecular weight is 498 g/mol. The molecule has 0 radical (unpaired) electrons. The molecule has 1 aliphatic carbocycles. The zero-order chi connectivity index (χ0) is 25.0. The lowest BCUT2D eigenvalue weighted by molar-refractivity contribution is 0.440. The Hall–Kier alpha value is -4.38. The highest BCUT2D eigenvalue weighted by atomic mass is 19.1. The van der Waals surface area contributed by atoms with Crippen LogP contribution in [0.1, 0.15) is 18.4 Å². The van der Waals surface area contributed by atoms with Crippen molar-refractivity contribution < 1.29 is 9.13 Å². The topological polar surface area (TPSA) is 105 Å². The van der Waals surface area contributed by atoms with E-state index in [2.05, 4.69) is 35.6 Å². The van der Waals surface area contributed by atoms with E-state index in [-0.39, 0.29) is 11.2 Å². The van der Waals surface area contributed by atoms with Gasteiger partial charge in [0.1, 0.15) is 35.5 Å². The van der Waals surface area contributed by atoms with E-state index in [0.29, 0.717) is 39.6 Å². The summed E-state index contributed by atoms with van der Waals surface area (Å²) in [4.78, 5) is 20.1. The first kappa shape index (κ1) is 21.9. The van der Waals surface area contributed by atoms with Crippen LogP contribution in [0.3, 0.4) is 0 Å². The van der Waals surface area contributed by atoms with Crippen molar-refractivity contribution in [1.82, 2.24) is 34.9 Å². The first-order valence-electron chi connectivity index (χ1n) is 12.2. The highest BCUT2D eigenvalue weighted by Crippen LogP contribution is 2.39. The Morgan fingerprint density at radius 1 is 1.08 bits per heavy atom. The SMILES string of the molecule is Cc1c(Oc2ccn3ncnc3c2)ccc(Nc2ncnc3ccc(N4CCNC5(CC5)C4)nc23)c1F. The number of ether oxygens (including phenoxy) is 1. The van der Waals surface area contributed by atoms with Crippen LogP contribution in [0.25, 0.3) is 16.7 Å². The molecule has 1 spiro atoms. The predicted octanol–water partition coefficient (Wildman–Crippen LogP) is 3.99. The van der Waals surface area contributed by atoms with Gasteiger partial charge in [-0.2, -0.15) is 5.10 Å². The van der Waals surface area contributed by atoms with Crippen molar-refractivity contribution in [1.29, 1.82) is 0 Å². The van der Waals surface area contributed by atoms with Gasteiger partial charge in [0.2, 0.25) is 0 Å². The second-order valence-corrected chi connectivity index (χ2v) is 9.59. The molecule has 2 aliphatic rings. The summed E-state index contributed by atoms with van der Waals surface area (Å²) in [6.07, 6.45) is 7.05. The summed E-state index contributed by atoms with van der Waals surface area (Å²) in [5, 5.41) is 10.8. The van der Waals surface area contributed by atoms with Gasteiger partial charge in [-0.3, -0.25) is 0 Å². The van der Waals surface area contributed by atoms with Crippen LogP contribution in [-0.4, -0.2) is 54.7 Å². The normalized spacial score (nSPS) is 16.4. The number of fused-ring (bicyclic) bond motifs is 2. The minimum absolute atomic E-state index is 0.231. The average Bonchev–Trinajstić information content (AvgIpc) is 3.48. The molecule has 5 heterocycles. The lowest BCUT2D eigenvalue weighted by Crippen LogP contribution is -2.52. The van der Waals surface area contributed by atoms with Crippen LogP contribution in [0.15, 0.2) is 55.2 Å². The van der Waals surface area contributed by atoms with Gasteiger partial charge in [0.15, 0.2) is 17.3 Å². The second-order valence-electron chi connectivity index (χ2n) is 9.59. The maximum atomic E-state index is 15.5. The first-order chi connectivity index (χ1) is 18.1. The van der Waals surface area contributed by atoms with E-state index in [1.807, 2.05) is 12.1 Å². The van der Waals surface area contributed by atoms with Gasteiger partial charge in [0.25, 0.3) is 0 Å². The van der Waals surface area contributed by atoms with Gasteiger partial charge in [0.05, 0.1) is 11.2 Å². The van der Waals surface area contributed by atoms with Crippen LogP contribution in [0.5, 0.6) is 11.5 Å². The molecular formula is C26H24FN9O. The quantitative estimate of drug-likeness (QED) is 0.373. The molecule has 186 valence electrons. The van der Waals surface area contributed by atoms with Crippen LogP contribution in [0.2, 0.25) is 0 Å². The number of aromatic nitrogens is 6. The molecule has 0 bridgehead atoms. The second kappa shape index (κ2) is 8.34. The fourth-order valence-electron chi connectivity index (χ4n) is 4.82. The Kier molecular flexibility index (Phi) is 4.93. The molecule has 2 fully saturated rings. The Morgan fingerprint density at radius 3 is 2.89 bits per heavy atom. The number of anilines is 3. The number of nitrogens with one attached hydrogen (secondary N) is 2. The van der Waals surface area contributed by atoms with E-state index in [0.717, 1.165) is 25.5 Å². The van der Waals surface area contributed by atoms with Gasteiger partial charge in [-0.15, -0.1) is 0 Å². The molecule has 7 rings (SSSR count).